The van der Waals surface area contributed by atoms with E-state index in [2.05, 4.69) is 22.4 Å². The highest BCUT2D eigenvalue weighted by atomic mass is 32.2. The number of carbonyl (C=O) groups excluding carboxylic acids is 1. The maximum absolute atomic E-state index is 12.2. The number of hydrogen-bond acceptors (Lipinski definition) is 3. The molecule has 0 unspecified atom stereocenters. The van der Waals surface area contributed by atoms with Crippen LogP contribution in [0.15, 0.2) is 59.5 Å². The van der Waals surface area contributed by atoms with Gasteiger partial charge >= 0.3 is 0 Å². The van der Waals surface area contributed by atoms with Crippen molar-refractivity contribution in [2.75, 3.05) is 12.3 Å². The number of rotatable bonds is 7. The zero-order valence-electron chi connectivity index (χ0n) is 13.7. The summed E-state index contributed by atoms with van der Waals surface area (Å²) in [6.07, 6.45) is 0.953. The number of carbonyl (C=O) groups is 1. The third-order valence-corrected chi connectivity index (χ3v) is 4.90. The molecule has 1 heterocycles. The molecule has 0 bridgehead atoms. The van der Waals surface area contributed by atoms with Crippen LogP contribution in [0, 0.1) is 6.92 Å². The maximum Gasteiger partial charge on any atom is 0.240 e. The molecular formula is C19H21N3OS. The summed E-state index contributed by atoms with van der Waals surface area (Å²) in [5.74, 6) is 1.90. The number of thioether (sulfide) groups is 1. The van der Waals surface area contributed by atoms with Crippen molar-refractivity contribution in [1.82, 2.24) is 14.9 Å². The van der Waals surface area contributed by atoms with Gasteiger partial charge in [0, 0.05) is 11.4 Å². The Bertz CT molecular complexity index is 814. The second-order valence-electron chi connectivity index (χ2n) is 5.60. The molecule has 124 valence electrons. The summed E-state index contributed by atoms with van der Waals surface area (Å²) in [6, 6.07) is 18.2. The van der Waals surface area contributed by atoms with Crippen molar-refractivity contribution < 1.29 is 4.79 Å². The van der Waals surface area contributed by atoms with Gasteiger partial charge in [0.05, 0.1) is 11.0 Å². The molecule has 0 fully saturated rings. The molecule has 0 spiro atoms. The largest absolute Gasteiger partial charge is 0.355 e. The predicted octanol–water partition coefficient (Wildman–Crippen LogP) is 3.64. The lowest BCUT2D eigenvalue weighted by atomic mass is 10.3. The van der Waals surface area contributed by atoms with Crippen LogP contribution in [-0.2, 0) is 11.3 Å². The van der Waals surface area contributed by atoms with Crippen LogP contribution in [-0.4, -0.2) is 27.8 Å². The summed E-state index contributed by atoms with van der Waals surface area (Å²) in [7, 11) is 0. The van der Waals surface area contributed by atoms with E-state index in [-0.39, 0.29) is 5.91 Å². The SMILES string of the molecule is Cc1nc2ccccc2n1CC(=O)NCCCSc1ccccc1. The Balaban J connectivity index is 1.45. The maximum atomic E-state index is 12.2. The number of imidazole rings is 1. The number of para-hydroxylation sites is 2. The molecule has 0 aliphatic carbocycles. The lowest BCUT2D eigenvalue weighted by Gasteiger charge is -2.08. The Morgan fingerprint density at radius 1 is 1.12 bits per heavy atom. The highest BCUT2D eigenvalue weighted by Crippen LogP contribution is 2.17. The first-order valence-electron chi connectivity index (χ1n) is 8.10. The third-order valence-electron chi connectivity index (χ3n) is 3.80. The van der Waals surface area contributed by atoms with E-state index in [1.165, 1.54) is 4.90 Å². The van der Waals surface area contributed by atoms with Gasteiger partial charge in [-0.15, -0.1) is 11.8 Å². The van der Waals surface area contributed by atoms with Gasteiger partial charge in [-0.3, -0.25) is 4.79 Å². The van der Waals surface area contributed by atoms with Crippen LogP contribution < -0.4 is 5.32 Å². The summed E-state index contributed by atoms with van der Waals surface area (Å²) in [6.45, 7) is 2.95. The van der Waals surface area contributed by atoms with Gasteiger partial charge in [-0.25, -0.2) is 4.98 Å². The normalized spacial score (nSPS) is 10.9. The fourth-order valence-corrected chi connectivity index (χ4v) is 3.48. The van der Waals surface area contributed by atoms with Gasteiger partial charge in [0.25, 0.3) is 0 Å². The van der Waals surface area contributed by atoms with Crippen LogP contribution in [0.5, 0.6) is 0 Å². The fraction of sp³-hybridized carbons (Fsp3) is 0.263. The molecule has 0 saturated carbocycles. The average Bonchev–Trinajstić information content (AvgIpc) is 2.91. The van der Waals surface area contributed by atoms with Crippen LogP contribution in [0.25, 0.3) is 11.0 Å². The van der Waals surface area contributed by atoms with E-state index in [1.807, 2.05) is 65.7 Å². The number of aromatic nitrogens is 2. The van der Waals surface area contributed by atoms with Gasteiger partial charge in [-0.2, -0.15) is 0 Å². The van der Waals surface area contributed by atoms with Gasteiger partial charge in [0.2, 0.25) is 5.91 Å². The molecule has 24 heavy (non-hydrogen) atoms. The van der Waals surface area contributed by atoms with Gasteiger partial charge in [0.1, 0.15) is 12.4 Å². The molecule has 0 aliphatic heterocycles. The molecule has 1 amide bonds. The molecule has 3 rings (SSSR count). The van der Waals surface area contributed by atoms with Gasteiger partial charge in [0.15, 0.2) is 0 Å². The molecule has 0 saturated heterocycles. The summed E-state index contributed by atoms with van der Waals surface area (Å²) in [5, 5.41) is 3.00. The summed E-state index contributed by atoms with van der Waals surface area (Å²) >= 11 is 1.82. The average molecular weight is 339 g/mol. The number of hydrogen-bond donors (Lipinski definition) is 1. The third kappa shape index (κ3) is 4.17. The number of aryl methyl sites for hydroxylation is 1. The van der Waals surface area contributed by atoms with Crippen LogP contribution >= 0.6 is 11.8 Å². The van der Waals surface area contributed by atoms with Crippen molar-refractivity contribution in [1.29, 1.82) is 0 Å². The van der Waals surface area contributed by atoms with E-state index in [0.717, 1.165) is 29.0 Å². The lowest BCUT2D eigenvalue weighted by Crippen LogP contribution is -2.29. The predicted molar refractivity (Wildman–Crippen MR) is 99.3 cm³/mol. The minimum Gasteiger partial charge on any atom is -0.355 e. The standard InChI is InChI=1S/C19H21N3OS/c1-15-21-17-10-5-6-11-18(17)22(15)14-19(23)20-12-7-13-24-16-8-3-2-4-9-16/h2-6,8-11H,7,12-14H2,1H3,(H,20,23). The molecule has 5 heteroatoms. The number of nitrogens with one attached hydrogen (secondary N) is 1. The van der Waals surface area contributed by atoms with Crippen LogP contribution in [0.1, 0.15) is 12.2 Å². The van der Waals surface area contributed by atoms with E-state index in [9.17, 15) is 4.79 Å². The molecule has 1 N–H and O–H groups in total. The second kappa shape index (κ2) is 8.02. The molecule has 0 atom stereocenters. The van der Waals surface area contributed by atoms with E-state index in [0.29, 0.717) is 13.1 Å². The minimum absolute atomic E-state index is 0.0333. The highest BCUT2D eigenvalue weighted by Gasteiger charge is 2.10. The van der Waals surface area contributed by atoms with Gasteiger partial charge in [-0.05, 0) is 43.4 Å². The molecule has 3 aromatic rings. The first-order chi connectivity index (χ1) is 11.7. The fourth-order valence-electron chi connectivity index (χ4n) is 2.60. The molecular weight excluding hydrogens is 318 g/mol. The Morgan fingerprint density at radius 3 is 2.71 bits per heavy atom. The zero-order chi connectivity index (χ0) is 16.8. The Kier molecular flexibility index (Phi) is 5.54. The number of nitrogens with zero attached hydrogens (tertiary/aromatic N) is 2. The molecule has 1 aromatic heterocycles. The molecule has 4 nitrogen and oxygen atoms in total. The lowest BCUT2D eigenvalue weighted by molar-refractivity contribution is -0.121. The smallest absolute Gasteiger partial charge is 0.240 e. The van der Waals surface area contributed by atoms with E-state index < -0.39 is 0 Å². The topological polar surface area (TPSA) is 46.9 Å². The Hall–Kier alpha value is -2.27. The molecule has 0 aliphatic rings. The van der Waals surface area contributed by atoms with E-state index in [1.54, 1.807) is 0 Å². The van der Waals surface area contributed by atoms with Crippen molar-refractivity contribution in [2.24, 2.45) is 0 Å². The summed E-state index contributed by atoms with van der Waals surface area (Å²) in [4.78, 5) is 17.9. The first-order valence-corrected chi connectivity index (χ1v) is 9.09. The van der Waals surface area contributed by atoms with Gasteiger partial charge in [-0.1, -0.05) is 30.3 Å². The number of benzene rings is 2. The Labute approximate surface area is 146 Å². The van der Waals surface area contributed by atoms with Gasteiger partial charge < -0.3 is 9.88 Å². The van der Waals surface area contributed by atoms with E-state index >= 15 is 0 Å². The summed E-state index contributed by atoms with van der Waals surface area (Å²) < 4.78 is 1.96. The van der Waals surface area contributed by atoms with Crippen LogP contribution in [0.2, 0.25) is 0 Å². The minimum atomic E-state index is 0.0333. The van der Waals surface area contributed by atoms with Crippen molar-refractivity contribution in [2.45, 2.75) is 24.8 Å². The van der Waals surface area contributed by atoms with E-state index in [4.69, 9.17) is 0 Å². The first kappa shape index (κ1) is 16.6. The van der Waals surface area contributed by atoms with Crippen molar-refractivity contribution >= 4 is 28.7 Å². The zero-order valence-corrected chi connectivity index (χ0v) is 14.6. The second-order valence-corrected chi connectivity index (χ2v) is 6.77. The van der Waals surface area contributed by atoms with Crippen molar-refractivity contribution in [3.63, 3.8) is 0 Å². The molecule has 2 aromatic carbocycles. The number of fused-ring (bicyclic) bond motifs is 1. The van der Waals surface area contributed by atoms with Crippen molar-refractivity contribution in [3.05, 3.63) is 60.4 Å². The highest BCUT2D eigenvalue weighted by molar-refractivity contribution is 7.99. The monoisotopic (exact) mass is 339 g/mol. The number of amides is 1. The quantitative estimate of drug-likeness (QED) is 0.528. The van der Waals surface area contributed by atoms with Crippen molar-refractivity contribution in [3.8, 4) is 0 Å². The van der Waals surface area contributed by atoms with Crippen LogP contribution in [0.4, 0.5) is 0 Å². The summed E-state index contributed by atoms with van der Waals surface area (Å²) in [5.41, 5.74) is 1.94. The van der Waals surface area contributed by atoms with Crippen LogP contribution in [0.3, 0.4) is 0 Å². The molecule has 0 radical (unpaired) electrons. The Morgan fingerprint density at radius 2 is 1.88 bits per heavy atom.